The van der Waals surface area contributed by atoms with E-state index in [0.717, 1.165) is 19.5 Å². The van der Waals surface area contributed by atoms with E-state index in [2.05, 4.69) is 20.8 Å². The number of amides is 1. The van der Waals surface area contributed by atoms with Gasteiger partial charge in [0.1, 0.15) is 5.51 Å². The molecule has 2 heterocycles. The Bertz CT molecular complexity index is 294. The third kappa shape index (κ3) is 2.49. The number of anilines is 1. The highest BCUT2D eigenvalue weighted by Crippen LogP contribution is 2.14. The summed E-state index contributed by atoms with van der Waals surface area (Å²) in [6, 6.07) is 0. The molecule has 6 heteroatoms. The summed E-state index contributed by atoms with van der Waals surface area (Å²) in [5.41, 5.74) is 1.60. The lowest BCUT2D eigenvalue weighted by Crippen LogP contribution is -2.18. The first-order chi connectivity index (χ1) is 6.84. The smallest absolute Gasteiger partial charge is 0.226 e. The van der Waals surface area contributed by atoms with Crippen molar-refractivity contribution < 1.29 is 4.79 Å². The third-order valence-electron chi connectivity index (χ3n) is 2.24. The first-order valence-electron chi connectivity index (χ1n) is 4.61. The van der Waals surface area contributed by atoms with Crippen molar-refractivity contribution in [1.82, 2.24) is 15.5 Å². The normalized spacial score (nSPS) is 21.0. The van der Waals surface area contributed by atoms with E-state index in [-0.39, 0.29) is 5.91 Å². The van der Waals surface area contributed by atoms with E-state index in [1.807, 2.05) is 0 Å². The number of carbonyl (C=O) groups is 1. The third-order valence-corrected chi connectivity index (χ3v) is 2.85. The number of hydrogen-bond acceptors (Lipinski definition) is 5. The zero-order chi connectivity index (χ0) is 9.80. The van der Waals surface area contributed by atoms with E-state index in [0.29, 0.717) is 17.5 Å². The maximum atomic E-state index is 11.5. The van der Waals surface area contributed by atoms with Gasteiger partial charge in [0.2, 0.25) is 11.0 Å². The molecule has 1 aromatic rings. The van der Waals surface area contributed by atoms with Crippen LogP contribution in [0.3, 0.4) is 0 Å². The standard InChI is InChI=1S/C8H12N4OS/c13-7(3-6-1-2-9-4-6)11-8-12-10-5-14-8/h5-6,9H,1-4H2,(H,11,12,13). The van der Waals surface area contributed by atoms with Crippen LogP contribution in [-0.4, -0.2) is 29.2 Å². The molecule has 0 bridgehead atoms. The van der Waals surface area contributed by atoms with E-state index in [9.17, 15) is 4.79 Å². The lowest BCUT2D eigenvalue weighted by atomic mass is 10.1. The van der Waals surface area contributed by atoms with E-state index in [1.54, 1.807) is 5.51 Å². The van der Waals surface area contributed by atoms with Gasteiger partial charge in [-0.25, -0.2) is 0 Å². The first-order valence-corrected chi connectivity index (χ1v) is 5.49. The fourth-order valence-corrected chi connectivity index (χ4v) is 2.01. The largest absolute Gasteiger partial charge is 0.316 e. The molecule has 5 nitrogen and oxygen atoms in total. The molecule has 1 atom stereocenters. The second kappa shape index (κ2) is 4.47. The minimum Gasteiger partial charge on any atom is -0.316 e. The second-order valence-corrected chi connectivity index (χ2v) is 4.19. The molecule has 1 aliphatic heterocycles. The summed E-state index contributed by atoms with van der Waals surface area (Å²) in [7, 11) is 0. The summed E-state index contributed by atoms with van der Waals surface area (Å²) in [5.74, 6) is 0.512. The highest BCUT2D eigenvalue weighted by Gasteiger charge is 2.18. The Labute approximate surface area is 85.9 Å². The Balaban J connectivity index is 1.78. The second-order valence-electron chi connectivity index (χ2n) is 3.36. The van der Waals surface area contributed by atoms with Crippen molar-refractivity contribution in [2.24, 2.45) is 5.92 Å². The highest BCUT2D eigenvalue weighted by molar-refractivity contribution is 7.13. The van der Waals surface area contributed by atoms with Crippen molar-refractivity contribution in [2.45, 2.75) is 12.8 Å². The Morgan fingerprint density at radius 3 is 3.36 bits per heavy atom. The zero-order valence-electron chi connectivity index (χ0n) is 7.69. The Morgan fingerprint density at radius 1 is 1.79 bits per heavy atom. The molecule has 2 N–H and O–H groups in total. The van der Waals surface area contributed by atoms with Gasteiger partial charge in [0, 0.05) is 6.42 Å². The Hall–Kier alpha value is -1.01. The minimum atomic E-state index is 0.0375. The van der Waals surface area contributed by atoms with Crippen molar-refractivity contribution in [2.75, 3.05) is 18.4 Å². The van der Waals surface area contributed by atoms with E-state index >= 15 is 0 Å². The van der Waals surface area contributed by atoms with Crippen molar-refractivity contribution >= 4 is 22.4 Å². The van der Waals surface area contributed by atoms with Gasteiger partial charge < -0.3 is 10.6 Å². The maximum Gasteiger partial charge on any atom is 0.226 e. The van der Waals surface area contributed by atoms with E-state index in [1.165, 1.54) is 11.3 Å². The Kier molecular flexibility index (Phi) is 3.05. The molecule has 1 unspecified atom stereocenters. The van der Waals surface area contributed by atoms with Crippen LogP contribution in [0.15, 0.2) is 5.51 Å². The van der Waals surface area contributed by atoms with Gasteiger partial charge in [-0.05, 0) is 25.4 Å². The molecule has 14 heavy (non-hydrogen) atoms. The summed E-state index contributed by atoms with van der Waals surface area (Å²) in [5, 5.41) is 13.9. The fraction of sp³-hybridized carbons (Fsp3) is 0.625. The van der Waals surface area contributed by atoms with Gasteiger partial charge in [0.15, 0.2) is 0 Å². The SMILES string of the molecule is O=C(CC1CCNC1)Nc1nncs1. The van der Waals surface area contributed by atoms with Crippen LogP contribution in [-0.2, 0) is 4.79 Å². The summed E-state index contributed by atoms with van der Waals surface area (Å²) in [6.07, 6.45) is 1.66. The monoisotopic (exact) mass is 212 g/mol. The van der Waals surface area contributed by atoms with Crippen LogP contribution in [0, 0.1) is 5.92 Å². The average molecular weight is 212 g/mol. The van der Waals surface area contributed by atoms with Crippen LogP contribution in [0.4, 0.5) is 5.13 Å². The summed E-state index contributed by atoms with van der Waals surface area (Å²) in [4.78, 5) is 11.5. The molecule has 0 radical (unpaired) electrons. The van der Waals surface area contributed by atoms with Crippen molar-refractivity contribution in [3.8, 4) is 0 Å². The van der Waals surface area contributed by atoms with Gasteiger partial charge in [0.25, 0.3) is 0 Å². The molecule has 76 valence electrons. The van der Waals surface area contributed by atoms with Crippen LogP contribution < -0.4 is 10.6 Å². The maximum absolute atomic E-state index is 11.5. The zero-order valence-corrected chi connectivity index (χ0v) is 8.51. The number of carbonyl (C=O) groups excluding carboxylic acids is 1. The van der Waals surface area contributed by atoms with Gasteiger partial charge in [-0.1, -0.05) is 11.3 Å². The molecule has 0 aromatic carbocycles. The van der Waals surface area contributed by atoms with E-state index in [4.69, 9.17) is 0 Å². The number of nitrogens with one attached hydrogen (secondary N) is 2. The van der Waals surface area contributed by atoms with Crippen molar-refractivity contribution in [1.29, 1.82) is 0 Å². The van der Waals surface area contributed by atoms with Crippen LogP contribution in [0.25, 0.3) is 0 Å². The first kappa shape index (κ1) is 9.54. The van der Waals surface area contributed by atoms with Crippen LogP contribution >= 0.6 is 11.3 Å². The number of nitrogens with zero attached hydrogens (tertiary/aromatic N) is 2. The molecule has 1 saturated heterocycles. The van der Waals surface area contributed by atoms with Gasteiger partial charge >= 0.3 is 0 Å². The summed E-state index contributed by atoms with van der Waals surface area (Å²) in [6.45, 7) is 1.97. The van der Waals surface area contributed by atoms with Crippen LogP contribution in [0.5, 0.6) is 0 Å². The van der Waals surface area contributed by atoms with Crippen LogP contribution in [0.2, 0.25) is 0 Å². The van der Waals surface area contributed by atoms with Crippen LogP contribution in [0.1, 0.15) is 12.8 Å². The molecule has 1 aromatic heterocycles. The Morgan fingerprint density at radius 2 is 2.71 bits per heavy atom. The predicted octanol–water partition coefficient (Wildman–Crippen LogP) is 0.476. The molecule has 0 aliphatic carbocycles. The van der Waals surface area contributed by atoms with Gasteiger partial charge in [-0.15, -0.1) is 10.2 Å². The quantitative estimate of drug-likeness (QED) is 0.764. The molecule has 0 saturated carbocycles. The molecule has 2 rings (SSSR count). The van der Waals surface area contributed by atoms with E-state index < -0.39 is 0 Å². The summed E-state index contributed by atoms with van der Waals surface area (Å²) >= 11 is 1.34. The number of aromatic nitrogens is 2. The van der Waals surface area contributed by atoms with Gasteiger partial charge in [-0.2, -0.15) is 0 Å². The average Bonchev–Trinajstić information content (AvgIpc) is 2.76. The molecular weight excluding hydrogens is 200 g/mol. The lowest BCUT2D eigenvalue weighted by Gasteiger charge is -2.06. The molecule has 1 fully saturated rings. The lowest BCUT2D eigenvalue weighted by molar-refractivity contribution is -0.116. The molecular formula is C8H12N4OS. The van der Waals surface area contributed by atoms with Crippen molar-refractivity contribution in [3.63, 3.8) is 0 Å². The van der Waals surface area contributed by atoms with Gasteiger partial charge in [0.05, 0.1) is 0 Å². The van der Waals surface area contributed by atoms with Crippen molar-refractivity contribution in [3.05, 3.63) is 5.51 Å². The minimum absolute atomic E-state index is 0.0375. The predicted molar refractivity (Wildman–Crippen MR) is 54.1 cm³/mol. The highest BCUT2D eigenvalue weighted by atomic mass is 32.1. The number of rotatable bonds is 3. The molecule has 1 aliphatic rings. The fourth-order valence-electron chi connectivity index (χ4n) is 1.55. The van der Waals surface area contributed by atoms with Gasteiger partial charge in [-0.3, -0.25) is 4.79 Å². The molecule has 0 spiro atoms. The number of hydrogen-bond donors (Lipinski definition) is 2. The summed E-state index contributed by atoms with van der Waals surface area (Å²) < 4.78 is 0. The molecule has 1 amide bonds. The topological polar surface area (TPSA) is 66.9 Å².